The maximum absolute atomic E-state index is 5.99. The van der Waals surface area contributed by atoms with Crippen LogP contribution in [0, 0.1) is 0 Å². The van der Waals surface area contributed by atoms with Gasteiger partial charge in [0.05, 0.1) is 6.04 Å². The molecule has 0 saturated heterocycles. The van der Waals surface area contributed by atoms with E-state index in [0.29, 0.717) is 5.92 Å². The number of nitrogens with one attached hydrogen (secondary N) is 1. The van der Waals surface area contributed by atoms with Crippen LogP contribution >= 0.6 is 23.1 Å². The van der Waals surface area contributed by atoms with Crippen LogP contribution in [0.4, 0.5) is 5.13 Å². The molecule has 0 bridgehead atoms. The summed E-state index contributed by atoms with van der Waals surface area (Å²) in [5.74, 6) is 1.61. The Morgan fingerprint density at radius 2 is 2.28 bits per heavy atom. The summed E-state index contributed by atoms with van der Waals surface area (Å²) >= 11 is 7.43. The number of aromatic nitrogens is 2. The molecule has 1 heterocycles. The van der Waals surface area contributed by atoms with E-state index in [2.05, 4.69) is 27.7 Å². The second-order valence-electron chi connectivity index (χ2n) is 4.65. The fourth-order valence-electron chi connectivity index (χ4n) is 1.85. The molecular weight excluding hydrogens is 266 g/mol. The van der Waals surface area contributed by atoms with Crippen LogP contribution in [0.5, 0.6) is 0 Å². The predicted molar refractivity (Wildman–Crippen MR) is 75.4 cm³/mol. The van der Waals surface area contributed by atoms with Gasteiger partial charge in [0, 0.05) is 22.5 Å². The number of rotatable bonds is 4. The fraction of sp³-hybridized carbons (Fsp3) is 0.385. The Kier molecular flexibility index (Phi) is 3.22. The van der Waals surface area contributed by atoms with Crippen LogP contribution in [-0.2, 0) is 0 Å². The third-order valence-electron chi connectivity index (χ3n) is 3.07. The summed E-state index contributed by atoms with van der Waals surface area (Å²) in [6.45, 7) is 2.10. The molecule has 1 N–H and O–H groups in total. The maximum atomic E-state index is 5.99. The number of hydrogen-bond acceptors (Lipinski definition) is 4. The third-order valence-corrected chi connectivity index (χ3v) is 3.97. The molecule has 3 rings (SSSR count). The minimum Gasteiger partial charge on any atom is -0.354 e. The highest BCUT2D eigenvalue weighted by molar-refractivity contribution is 7.09. The van der Waals surface area contributed by atoms with Gasteiger partial charge in [-0.1, -0.05) is 23.7 Å². The highest BCUT2D eigenvalue weighted by atomic mass is 35.5. The van der Waals surface area contributed by atoms with Gasteiger partial charge in [0.25, 0.3) is 0 Å². The Hall–Kier alpha value is -1.13. The average molecular weight is 280 g/mol. The van der Waals surface area contributed by atoms with E-state index < -0.39 is 0 Å². The zero-order valence-electron chi connectivity index (χ0n) is 10.1. The van der Waals surface area contributed by atoms with Gasteiger partial charge in [-0.25, -0.2) is 4.98 Å². The second kappa shape index (κ2) is 4.86. The standard InChI is InChI=1S/C13H14ClN3S/c1-8(10-3-2-4-11(14)7-10)15-13-16-12(17-18-13)9-5-6-9/h2-4,7-9H,5-6H2,1H3,(H,15,16,17). The first-order valence-corrected chi connectivity index (χ1v) is 7.23. The largest absolute Gasteiger partial charge is 0.354 e. The molecule has 1 fully saturated rings. The van der Waals surface area contributed by atoms with E-state index in [1.54, 1.807) is 0 Å². The summed E-state index contributed by atoms with van der Waals surface area (Å²) in [6, 6.07) is 8.07. The van der Waals surface area contributed by atoms with E-state index in [9.17, 15) is 0 Å². The van der Waals surface area contributed by atoms with Crippen LogP contribution < -0.4 is 5.32 Å². The predicted octanol–water partition coefficient (Wildman–Crippen LogP) is 4.24. The first-order chi connectivity index (χ1) is 8.72. The highest BCUT2D eigenvalue weighted by Crippen LogP contribution is 2.39. The molecule has 1 aliphatic carbocycles. The van der Waals surface area contributed by atoms with Crippen LogP contribution in [-0.4, -0.2) is 9.36 Å². The van der Waals surface area contributed by atoms with Crippen LogP contribution in [0.15, 0.2) is 24.3 Å². The summed E-state index contributed by atoms with van der Waals surface area (Å²) in [6.07, 6.45) is 2.47. The van der Waals surface area contributed by atoms with Gasteiger partial charge in [-0.3, -0.25) is 0 Å². The van der Waals surface area contributed by atoms with Crippen molar-refractivity contribution in [3.63, 3.8) is 0 Å². The van der Waals surface area contributed by atoms with Gasteiger partial charge in [-0.15, -0.1) is 0 Å². The molecular formula is C13H14ClN3S. The molecule has 1 aromatic carbocycles. The van der Waals surface area contributed by atoms with E-state index in [4.69, 9.17) is 11.6 Å². The van der Waals surface area contributed by atoms with Gasteiger partial charge in [0.2, 0.25) is 5.13 Å². The van der Waals surface area contributed by atoms with Gasteiger partial charge in [-0.2, -0.15) is 4.37 Å². The van der Waals surface area contributed by atoms with Crippen molar-refractivity contribution in [1.82, 2.24) is 9.36 Å². The van der Waals surface area contributed by atoms with Crippen molar-refractivity contribution in [3.8, 4) is 0 Å². The van der Waals surface area contributed by atoms with E-state index in [-0.39, 0.29) is 6.04 Å². The first kappa shape index (κ1) is 11.9. The van der Waals surface area contributed by atoms with Gasteiger partial charge >= 0.3 is 0 Å². The molecule has 0 spiro atoms. The quantitative estimate of drug-likeness (QED) is 0.909. The Labute approximate surface area is 115 Å². The molecule has 1 saturated carbocycles. The molecule has 1 unspecified atom stereocenters. The normalized spacial score (nSPS) is 16.6. The van der Waals surface area contributed by atoms with Crippen LogP contribution in [0.25, 0.3) is 0 Å². The van der Waals surface area contributed by atoms with Gasteiger partial charge in [0.1, 0.15) is 5.82 Å². The average Bonchev–Trinajstić information content (AvgIpc) is 3.11. The first-order valence-electron chi connectivity index (χ1n) is 6.08. The zero-order valence-corrected chi connectivity index (χ0v) is 11.6. The Bertz CT molecular complexity index is 551. The van der Waals surface area contributed by atoms with Gasteiger partial charge in [-0.05, 0) is 37.5 Å². The Balaban J connectivity index is 1.70. The molecule has 1 aromatic heterocycles. The summed E-state index contributed by atoms with van der Waals surface area (Å²) in [4.78, 5) is 4.52. The molecule has 1 atom stereocenters. The van der Waals surface area contributed by atoms with Crippen LogP contribution in [0.2, 0.25) is 5.02 Å². The zero-order chi connectivity index (χ0) is 12.5. The van der Waals surface area contributed by atoms with Crippen molar-refractivity contribution < 1.29 is 0 Å². The molecule has 3 nitrogen and oxygen atoms in total. The lowest BCUT2D eigenvalue weighted by Gasteiger charge is -2.12. The van der Waals surface area contributed by atoms with Crippen molar-refractivity contribution in [3.05, 3.63) is 40.7 Å². The monoisotopic (exact) mass is 279 g/mol. The SMILES string of the molecule is CC(Nc1nc(C2CC2)ns1)c1cccc(Cl)c1. The smallest absolute Gasteiger partial charge is 0.203 e. The topological polar surface area (TPSA) is 37.8 Å². The van der Waals surface area contributed by atoms with Crippen molar-refractivity contribution in [2.24, 2.45) is 0 Å². The molecule has 18 heavy (non-hydrogen) atoms. The van der Waals surface area contributed by atoms with Crippen LogP contribution in [0.3, 0.4) is 0 Å². The lowest BCUT2D eigenvalue weighted by molar-refractivity contribution is 0.875. The van der Waals surface area contributed by atoms with Crippen molar-refractivity contribution >= 4 is 28.3 Å². The fourth-order valence-corrected chi connectivity index (χ4v) is 2.78. The lowest BCUT2D eigenvalue weighted by Crippen LogP contribution is -2.06. The summed E-state index contributed by atoms with van der Waals surface area (Å²) in [7, 11) is 0. The van der Waals surface area contributed by atoms with Crippen molar-refractivity contribution in [2.75, 3.05) is 5.32 Å². The van der Waals surface area contributed by atoms with Gasteiger partial charge in [0.15, 0.2) is 0 Å². The summed E-state index contributed by atoms with van der Waals surface area (Å²) in [5.41, 5.74) is 1.16. The minimum absolute atomic E-state index is 0.184. The van der Waals surface area contributed by atoms with E-state index >= 15 is 0 Å². The number of halogens is 1. The van der Waals surface area contributed by atoms with Crippen LogP contribution in [0.1, 0.15) is 43.1 Å². The second-order valence-corrected chi connectivity index (χ2v) is 5.84. The molecule has 5 heteroatoms. The Morgan fingerprint density at radius 3 is 3.00 bits per heavy atom. The molecule has 94 valence electrons. The molecule has 1 aliphatic rings. The third kappa shape index (κ3) is 2.65. The lowest BCUT2D eigenvalue weighted by atomic mass is 10.1. The molecule has 0 radical (unpaired) electrons. The van der Waals surface area contributed by atoms with E-state index in [0.717, 1.165) is 21.5 Å². The number of benzene rings is 1. The van der Waals surface area contributed by atoms with Crippen molar-refractivity contribution in [2.45, 2.75) is 31.7 Å². The highest BCUT2D eigenvalue weighted by Gasteiger charge is 2.27. The minimum atomic E-state index is 0.184. The number of anilines is 1. The Morgan fingerprint density at radius 1 is 1.44 bits per heavy atom. The number of nitrogens with zero attached hydrogens (tertiary/aromatic N) is 2. The van der Waals surface area contributed by atoms with Crippen molar-refractivity contribution in [1.29, 1.82) is 0 Å². The molecule has 2 aromatic rings. The van der Waals surface area contributed by atoms with E-state index in [1.807, 2.05) is 18.2 Å². The molecule has 0 amide bonds. The maximum Gasteiger partial charge on any atom is 0.203 e. The van der Waals surface area contributed by atoms with Gasteiger partial charge < -0.3 is 5.32 Å². The number of hydrogen-bond donors (Lipinski definition) is 1. The van der Waals surface area contributed by atoms with E-state index in [1.165, 1.54) is 24.4 Å². The summed E-state index contributed by atoms with van der Waals surface area (Å²) in [5, 5.41) is 5.03. The molecule has 0 aliphatic heterocycles. The summed E-state index contributed by atoms with van der Waals surface area (Å²) < 4.78 is 4.38.